The second kappa shape index (κ2) is 10.8. The molecule has 3 aliphatic rings. The molecule has 7 nitrogen and oxygen atoms in total. The number of aromatic nitrogens is 2. The summed E-state index contributed by atoms with van der Waals surface area (Å²) < 4.78 is 0. The molecule has 1 unspecified atom stereocenters. The maximum atomic E-state index is 13.9. The Hall–Kier alpha value is -1.89. The van der Waals surface area contributed by atoms with Crippen LogP contribution in [0.5, 0.6) is 0 Å². The molecule has 2 saturated heterocycles. The number of unbranched alkanes of at least 4 members (excludes halogenated alkanes) is 1. The average molecular weight is 500 g/mol. The topological polar surface area (TPSA) is 81.3 Å². The molecule has 1 saturated carbocycles. The molecule has 2 atom stereocenters. The summed E-state index contributed by atoms with van der Waals surface area (Å²) in [5, 5.41) is 10.9. The normalized spacial score (nSPS) is 24.8. The van der Waals surface area contributed by atoms with Crippen molar-refractivity contribution in [1.82, 2.24) is 25.3 Å². The number of likely N-dealkylation sites (tertiary alicyclic amines) is 1. The number of piperidine rings is 1. The van der Waals surface area contributed by atoms with Crippen molar-refractivity contribution in [2.45, 2.75) is 123 Å². The minimum atomic E-state index is -0.714. The molecule has 1 aliphatic carbocycles. The Bertz CT molecular complexity index is 899. The molecule has 36 heavy (non-hydrogen) atoms. The minimum absolute atomic E-state index is 0.0154. The quantitative estimate of drug-likeness (QED) is 0.550. The Morgan fingerprint density at radius 2 is 1.75 bits per heavy atom. The monoisotopic (exact) mass is 499 g/mol. The standard InChI is InChI=1S/C29H49N5O2/c1-7-8-16-34-26(35)23(19-22-12-10-9-11-13-22)30-27(36)29(34)14-17-33(18-15-29)25(28(4,5)6)24-20(2)31-32-21(24)3/h22-23,25H,7-19H2,1-6H3,(H,30,36)(H,31,32)/t23-,25?/m0/s1. The van der Waals surface area contributed by atoms with E-state index in [-0.39, 0.29) is 29.3 Å². The molecule has 1 aromatic rings. The molecule has 1 aromatic heterocycles. The molecule has 2 N–H and O–H groups in total. The van der Waals surface area contributed by atoms with Gasteiger partial charge in [-0.25, -0.2) is 0 Å². The van der Waals surface area contributed by atoms with Gasteiger partial charge in [-0.3, -0.25) is 19.6 Å². The lowest BCUT2D eigenvalue weighted by Gasteiger charge is -2.54. The van der Waals surface area contributed by atoms with E-state index in [0.29, 0.717) is 25.3 Å². The zero-order chi connectivity index (χ0) is 26.1. The lowest BCUT2D eigenvalue weighted by Crippen LogP contribution is -2.73. The third kappa shape index (κ3) is 5.23. The largest absolute Gasteiger partial charge is 0.342 e. The van der Waals surface area contributed by atoms with E-state index in [1.807, 2.05) is 4.90 Å². The lowest BCUT2D eigenvalue weighted by molar-refractivity contribution is -0.162. The van der Waals surface area contributed by atoms with Crippen molar-refractivity contribution >= 4 is 11.8 Å². The molecule has 3 heterocycles. The van der Waals surface area contributed by atoms with Crippen molar-refractivity contribution in [3.05, 3.63) is 17.0 Å². The molecule has 7 heteroatoms. The predicted molar refractivity (Wildman–Crippen MR) is 144 cm³/mol. The van der Waals surface area contributed by atoms with Gasteiger partial charge in [0, 0.05) is 36.9 Å². The maximum absolute atomic E-state index is 13.9. The number of aryl methyl sites for hydroxylation is 2. The summed E-state index contributed by atoms with van der Waals surface area (Å²) in [5.74, 6) is 0.809. The molecule has 1 spiro atoms. The Morgan fingerprint density at radius 1 is 1.08 bits per heavy atom. The summed E-state index contributed by atoms with van der Waals surface area (Å²) in [7, 11) is 0. The highest BCUT2D eigenvalue weighted by atomic mass is 16.2. The van der Waals surface area contributed by atoms with Gasteiger partial charge in [0.2, 0.25) is 11.8 Å². The van der Waals surface area contributed by atoms with Crippen molar-refractivity contribution in [1.29, 1.82) is 0 Å². The van der Waals surface area contributed by atoms with Crippen LogP contribution in [0.3, 0.4) is 0 Å². The van der Waals surface area contributed by atoms with Gasteiger partial charge in [0.15, 0.2) is 0 Å². The van der Waals surface area contributed by atoms with Crippen LogP contribution in [-0.4, -0.2) is 63.0 Å². The predicted octanol–water partition coefficient (Wildman–Crippen LogP) is 5.05. The Kier molecular flexibility index (Phi) is 8.18. The minimum Gasteiger partial charge on any atom is -0.342 e. The number of amides is 2. The number of nitrogens with zero attached hydrogens (tertiary/aromatic N) is 3. The van der Waals surface area contributed by atoms with E-state index in [2.05, 4.69) is 62.0 Å². The van der Waals surface area contributed by atoms with Crippen molar-refractivity contribution in [3.63, 3.8) is 0 Å². The fourth-order valence-electron chi connectivity index (χ4n) is 7.21. The highest BCUT2D eigenvalue weighted by Crippen LogP contribution is 2.44. The number of hydrogen-bond donors (Lipinski definition) is 2. The van der Waals surface area contributed by atoms with Crippen LogP contribution in [0.4, 0.5) is 0 Å². The van der Waals surface area contributed by atoms with Crippen LogP contribution in [0.2, 0.25) is 0 Å². The van der Waals surface area contributed by atoms with E-state index >= 15 is 0 Å². The molecule has 2 amide bonds. The molecule has 4 rings (SSSR count). The molecule has 202 valence electrons. The van der Waals surface area contributed by atoms with Crippen LogP contribution >= 0.6 is 0 Å². The second-order valence-electron chi connectivity index (χ2n) is 12.8. The Morgan fingerprint density at radius 3 is 2.31 bits per heavy atom. The summed E-state index contributed by atoms with van der Waals surface area (Å²) in [5.41, 5.74) is 2.75. The van der Waals surface area contributed by atoms with Gasteiger partial charge in [-0.2, -0.15) is 5.10 Å². The fraction of sp³-hybridized carbons (Fsp3) is 0.828. The van der Waals surface area contributed by atoms with Crippen LogP contribution in [-0.2, 0) is 9.59 Å². The zero-order valence-electron chi connectivity index (χ0n) is 23.6. The van der Waals surface area contributed by atoms with Crippen LogP contribution in [0.1, 0.15) is 115 Å². The van der Waals surface area contributed by atoms with Gasteiger partial charge >= 0.3 is 0 Å². The van der Waals surface area contributed by atoms with Gasteiger partial charge in [-0.05, 0) is 50.9 Å². The summed E-state index contributed by atoms with van der Waals surface area (Å²) in [6, 6.07) is -0.140. The third-order valence-corrected chi connectivity index (χ3v) is 9.11. The van der Waals surface area contributed by atoms with Crippen molar-refractivity contribution < 1.29 is 9.59 Å². The number of piperazine rings is 1. The number of carbonyl (C=O) groups excluding carboxylic acids is 2. The molecule has 3 fully saturated rings. The van der Waals surface area contributed by atoms with Gasteiger partial charge in [0.1, 0.15) is 11.6 Å². The molecular formula is C29H49N5O2. The maximum Gasteiger partial charge on any atom is 0.246 e. The number of nitrogens with one attached hydrogen (secondary N) is 2. The van der Waals surface area contributed by atoms with Crippen molar-refractivity contribution in [2.24, 2.45) is 11.3 Å². The SMILES string of the molecule is CCCCN1C(=O)[C@H](CC2CCCCC2)NC(=O)C12CCN(C(c1c(C)n[nH]c1C)C(C)(C)C)CC2. The summed E-state index contributed by atoms with van der Waals surface area (Å²) in [6.07, 6.45) is 10.3. The van der Waals surface area contributed by atoms with Crippen molar-refractivity contribution in [2.75, 3.05) is 19.6 Å². The van der Waals surface area contributed by atoms with Crippen LogP contribution in [0.15, 0.2) is 0 Å². The molecule has 2 aliphatic heterocycles. The van der Waals surface area contributed by atoms with E-state index < -0.39 is 5.54 Å². The average Bonchev–Trinajstić information content (AvgIpc) is 3.16. The molecule has 0 bridgehead atoms. The van der Waals surface area contributed by atoms with E-state index in [1.165, 1.54) is 37.7 Å². The van der Waals surface area contributed by atoms with Gasteiger partial charge < -0.3 is 10.2 Å². The van der Waals surface area contributed by atoms with E-state index in [4.69, 9.17) is 0 Å². The smallest absolute Gasteiger partial charge is 0.246 e. The molecule has 0 aromatic carbocycles. The number of aromatic amines is 1. The first-order chi connectivity index (χ1) is 17.1. The Labute approximate surface area is 218 Å². The summed E-state index contributed by atoms with van der Waals surface area (Å²) >= 11 is 0. The van der Waals surface area contributed by atoms with Gasteiger partial charge in [0.25, 0.3) is 0 Å². The summed E-state index contributed by atoms with van der Waals surface area (Å²) in [4.78, 5) is 32.2. The van der Waals surface area contributed by atoms with Crippen LogP contribution in [0.25, 0.3) is 0 Å². The van der Waals surface area contributed by atoms with Crippen LogP contribution < -0.4 is 5.32 Å². The van der Waals surface area contributed by atoms with Gasteiger partial charge in [-0.1, -0.05) is 66.2 Å². The zero-order valence-corrected chi connectivity index (χ0v) is 23.6. The first-order valence-corrected chi connectivity index (χ1v) is 14.5. The van der Waals surface area contributed by atoms with Gasteiger partial charge in [0.05, 0.1) is 5.69 Å². The van der Waals surface area contributed by atoms with Crippen LogP contribution in [0, 0.1) is 25.2 Å². The van der Waals surface area contributed by atoms with Crippen molar-refractivity contribution in [3.8, 4) is 0 Å². The number of rotatable bonds is 7. The highest BCUT2D eigenvalue weighted by molar-refractivity contribution is 6.00. The highest BCUT2D eigenvalue weighted by Gasteiger charge is 2.54. The van der Waals surface area contributed by atoms with E-state index in [9.17, 15) is 9.59 Å². The Balaban J connectivity index is 1.54. The first-order valence-electron chi connectivity index (χ1n) is 14.5. The number of hydrogen-bond acceptors (Lipinski definition) is 4. The van der Waals surface area contributed by atoms with Gasteiger partial charge in [-0.15, -0.1) is 0 Å². The molecular weight excluding hydrogens is 450 g/mol. The summed E-state index contributed by atoms with van der Waals surface area (Å²) in [6.45, 7) is 15.5. The fourth-order valence-corrected chi connectivity index (χ4v) is 7.21. The molecule has 0 radical (unpaired) electrons. The number of carbonyl (C=O) groups is 2. The third-order valence-electron chi connectivity index (χ3n) is 9.11. The second-order valence-corrected chi connectivity index (χ2v) is 12.8. The van der Waals surface area contributed by atoms with E-state index in [0.717, 1.165) is 43.7 Å². The first kappa shape index (κ1) is 27.2. The van der Waals surface area contributed by atoms with E-state index in [1.54, 1.807) is 0 Å². The lowest BCUT2D eigenvalue weighted by atomic mass is 9.76. The number of H-pyrrole nitrogens is 1.